The summed E-state index contributed by atoms with van der Waals surface area (Å²) in [5.74, 6) is 0.0715. The zero-order valence-corrected chi connectivity index (χ0v) is 18.4. The average Bonchev–Trinajstić information content (AvgIpc) is 3.22. The van der Waals surface area contributed by atoms with Gasteiger partial charge in [-0.05, 0) is 69.0 Å². The molecular weight excluding hydrogens is 404 g/mol. The summed E-state index contributed by atoms with van der Waals surface area (Å²) in [5, 5.41) is 5.63. The smallest absolute Gasteiger partial charge is 0.243 e. The number of sulfonamides is 1. The fourth-order valence-electron chi connectivity index (χ4n) is 4.11. The minimum absolute atomic E-state index is 0.0593. The second-order valence-electron chi connectivity index (χ2n) is 8.16. The fourth-order valence-corrected chi connectivity index (χ4v) is 5.58. The van der Waals surface area contributed by atoms with E-state index >= 15 is 0 Å². The van der Waals surface area contributed by atoms with Crippen molar-refractivity contribution in [3.8, 4) is 0 Å². The van der Waals surface area contributed by atoms with Crippen molar-refractivity contribution < 1.29 is 18.0 Å². The van der Waals surface area contributed by atoms with E-state index in [9.17, 15) is 18.0 Å². The van der Waals surface area contributed by atoms with Crippen LogP contribution in [0.3, 0.4) is 0 Å². The van der Waals surface area contributed by atoms with E-state index < -0.39 is 10.0 Å². The van der Waals surface area contributed by atoms with Crippen molar-refractivity contribution in [3.05, 3.63) is 24.3 Å². The average molecular weight is 437 g/mol. The van der Waals surface area contributed by atoms with E-state index in [1.165, 1.54) is 36.2 Å². The molecule has 0 radical (unpaired) electrons. The third-order valence-electron chi connectivity index (χ3n) is 5.81. The molecule has 2 saturated heterocycles. The maximum atomic E-state index is 12.9. The normalized spacial score (nSPS) is 19.0. The van der Waals surface area contributed by atoms with E-state index in [4.69, 9.17) is 0 Å². The lowest BCUT2D eigenvalue weighted by Gasteiger charge is -2.31. The second kappa shape index (κ2) is 10.4. The Morgan fingerprint density at radius 1 is 1.03 bits per heavy atom. The second-order valence-corrected chi connectivity index (χ2v) is 10.1. The monoisotopic (exact) mass is 436 g/mol. The van der Waals surface area contributed by atoms with E-state index in [1.807, 2.05) is 0 Å². The Kier molecular flexibility index (Phi) is 7.85. The van der Waals surface area contributed by atoms with Crippen LogP contribution in [0.4, 0.5) is 5.69 Å². The predicted molar refractivity (Wildman–Crippen MR) is 116 cm³/mol. The number of piperidine rings is 1. The van der Waals surface area contributed by atoms with Crippen LogP contribution in [-0.2, 0) is 19.6 Å². The van der Waals surface area contributed by atoms with Gasteiger partial charge in [0.2, 0.25) is 21.8 Å². The molecule has 8 nitrogen and oxygen atoms in total. The van der Waals surface area contributed by atoms with Crippen LogP contribution in [0.1, 0.15) is 39.0 Å². The predicted octanol–water partition coefficient (Wildman–Crippen LogP) is 1.65. The molecular formula is C21H32N4O4S. The molecule has 2 heterocycles. The van der Waals surface area contributed by atoms with Crippen LogP contribution in [0.2, 0.25) is 0 Å². The number of benzene rings is 1. The number of nitrogens with one attached hydrogen (secondary N) is 2. The van der Waals surface area contributed by atoms with Gasteiger partial charge < -0.3 is 15.5 Å². The number of hydrogen-bond donors (Lipinski definition) is 2. The van der Waals surface area contributed by atoms with Crippen LogP contribution < -0.4 is 10.6 Å². The molecule has 2 aliphatic heterocycles. The van der Waals surface area contributed by atoms with Crippen molar-refractivity contribution in [1.82, 2.24) is 14.5 Å². The first-order chi connectivity index (χ1) is 14.3. The standard InChI is InChI=1S/C21H32N4O4S/c1-17(26)23-19-4-6-20(7-5-19)30(28,29)25-13-8-18(9-14-25)16-21(27)22-10-15-24-11-2-3-12-24/h4-7,18H,2-3,8-16H2,1H3,(H,22,27)(H,23,26). The molecule has 9 heteroatoms. The Morgan fingerprint density at radius 2 is 1.67 bits per heavy atom. The molecule has 1 aromatic carbocycles. The molecule has 30 heavy (non-hydrogen) atoms. The van der Waals surface area contributed by atoms with Crippen LogP contribution in [0, 0.1) is 5.92 Å². The summed E-state index contributed by atoms with van der Waals surface area (Å²) in [4.78, 5) is 25.9. The number of hydrogen-bond acceptors (Lipinski definition) is 5. The largest absolute Gasteiger partial charge is 0.355 e. The third-order valence-corrected chi connectivity index (χ3v) is 7.72. The van der Waals surface area contributed by atoms with Crippen molar-refractivity contribution >= 4 is 27.5 Å². The fraction of sp³-hybridized carbons (Fsp3) is 0.619. The molecule has 0 saturated carbocycles. The molecule has 166 valence electrons. The summed E-state index contributed by atoms with van der Waals surface area (Å²) in [7, 11) is -3.57. The summed E-state index contributed by atoms with van der Waals surface area (Å²) >= 11 is 0. The number of amides is 2. The summed E-state index contributed by atoms with van der Waals surface area (Å²) in [5.41, 5.74) is 0.566. The molecule has 2 aliphatic rings. The van der Waals surface area contributed by atoms with Gasteiger partial charge in [-0.2, -0.15) is 4.31 Å². The molecule has 1 aromatic rings. The highest BCUT2D eigenvalue weighted by Crippen LogP contribution is 2.26. The highest BCUT2D eigenvalue weighted by molar-refractivity contribution is 7.89. The molecule has 2 N–H and O–H groups in total. The number of rotatable bonds is 8. The summed E-state index contributed by atoms with van der Waals surface area (Å²) in [6.07, 6.45) is 4.31. The SMILES string of the molecule is CC(=O)Nc1ccc(S(=O)(=O)N2CCC(CC(=O)NCCN3CCCC3)CC2)cc1. The van der Waals surface area contributed by atoms with Crippen LogP contribution in [0.5, 0.6) is 0 Å². The molecule has 0 aromatic heterocycles. The van der Waals surface area contributed by atoms with Crippen molar-refractivity contribution in [1.29, 1.82) is 0 Å². The zero-order valence-electron chi connectivity index (χ0n) is 17.6. The molecule has 0 spiro atoms. The zero-order chi connectivity index (χ0) is 21.6. The van der Waals surface area contributed by atoms with E-state index in [0.29, 0.717) is 44.6 Å². The molecule has 0 unspecified atom stereocenters. The van der Waals surface area contributed by atoms with Gasteiger partial charge in [0.25, 0.3) is 0 Å². The van der Waals surface area contributed by atoms with Gasteiger partial charge in [-0.3, -0.25) is 9.59 Å². The lowest BCUT2D eigenvalue weighted by molar-refractivity contribution is -0.122. The number of likely N-dealkylation sites (tertiary alicyclic amines) is 1. The Labute approximate surface area is 179 Å². The van der Waals surface area contributed by atoms with Gasteiger partial charge in [0.15, 0.2) is 0 Å². The Bertz CT molecular complexity index is 827. The highest BCUT2D eigenvalue weighted by atomic mass is 32.2. The number of carbonyl (C=O) groups is 2. The van der Waals surface area contributed by atoms with Gasteiger partial charge in [-0.15, -0.1) is 0 Å². The van der Waals surface area contributed by atoms with Gasteiger partial charge in [0, 0.05) is 45.2 Å². The minimum atomic E-state index is -3.57. The van der Waals surface area contributed by atoms with Crippen LogP contribution in [0.25, 0.3) is 0 Å². The quantitative estimate of drug-likeness (QED) is 0.646. The first-order valence-corrected chi connectivity index (χ1v) is 12.2. The molecule has 0 aliphatic carbocycles. The van der Waals surface area contributed by atoms with E-state index in [2.05, 4.69) is 15.5 Å². The highest BCUT2D eigenvalue weighted by Gasteiger charge is 2.30. The Hall–Kier alpha value is -1.97. The number of nitrogens with zero attached hydrogens (tertiary/aromatic N) is 2. The van der Waals surface area contributed by atoms with Crippen molar-refractivity contribution in [2.45, 2.75) is 43.9 Å². The maximum absolute atomic E-state index is 12.9. The summed E-state index contributed by atoms with van der Waals surface area (Å²) < 4.78 is 27.2. The molecule has 2 fully saturated rings. The van der Waals surface area contributed by atoms with E-state index in [-0.39, 0.29) is 22.6 Å². The van der Waals surface area contributed by atoms with Crippen LogP contribution in [-0.4, -0.2) is 68.7 Å². The van der Waals surface area contributed by atoms with Crippen LogP contribution in [0.15, 0.2) is 29.2 Å². The third kappa shape index (κ3) is 6.26. The van der Waals surface area contributed by atoms with Gasteiger partial charge in [-0.1, -0.05) is 0 Å². The van der Waals surface area contributed by atoms with Gasteiger partial charge in [0.05, 0.1) is 4.90 Å². The minimum Gasteiger partial charge on any atom is -0.355 e. The lowest BCUT2D eigenvalue weighted by atomic mass is 9.94. The molecule has 3 rings (SSSR count). The Morgan fingerprint density at radius 3 is 2.27 bits per heavy atom. The first kappa shape index (κ1) is 22.7. The maximum Gasteiger partial charge on any atom is 0.243 e. The van der Waals surface area contributed by atoms with Crippen LogP contribution >= 0.6 is 0 Å². The molecule has 0 bridgehead atoms. The van der Waals surface area contributed by atoms with Gasteiger partial charge in [0.1, 0.15) is 0 Å². The lowest BCUT2D eigenvalue weighted by Crippen LogP contribution is -2.40. The van der Waals surface area contributed by atoms with Crippen molar-refractivity contribution in [2.75, 3.05) is 44.6 Å². The summed E-state index contributed by atoms with van der Waals surface area (Å²) in [6, 6.07) is 6.21. The van der Waals surface area contributed by atoms with E-state index in [1.54, 1.807) is 12.1 Å². The summed E-state index contributed by atoms with van der Waals surface area (Å²) in [6.45, 7) is 6.08. The van der Waals surface area contributed by atoms with Gasteiger partial charge in [-0.25, -0.2) is 8.42 Å². The first-order valence-electron chi connectivity index (χ1n) is 10.7. The number of anilines is 1. The topological polar surface area (TPSA) is 98.8 Å². The van der Waals surface area contributed by atoms with Crippen molar-refractivity contribution in [3.63, 3.8) is 0 Å². The molecule has 2 amide bonds. The van der Waals surface area contributed by atoms with Crippen molar-refractivity contribution in [2.24, 2.45) is 5.92 Å². The van der Waals surface area contributed by atoms with Gasteiger partial charge >= 0.3 is 0 Å². The van der Waals surface area contributed by atoms with E-state index in [0.717, 1.165) is 19.6 Å². The number of carbonyl (C=O) groups excluding carboxylic acids is 2. The Balaban J connectivity index is 1.43. The molecule has 0 atom stereocenters.